The third-order valence-corrected chi connectivity index (χ3v) is 4.37. The van der Waals surface area contributed by atoms with Crippen molar-refractivity contribution in [3.8, 4) is 11.3 Å². The molecule has 0 amide bonds. The van der Waals surface area contributed by atoms with Crippen LogP contribution in [0.15, 0.2) is 23.6 Å². The van der Waals surface area contributed by atoms with E-state index in [2.05, 4.69) is 9.71 Å². The molecule has 20 heavy (non-hydrogen) atoms. The predicted molar refractivity (Wildman–Crippen MR) is 81.5 cm³/mol. The Kier molecular flexibility index (Phi) is 4.42. The van der Waals surface area contributed by atoms with E-state index in [1.54, 1.807) is 23.5 Å². The predicted octanol–water partition coefficient (Wildman–Crippen LogP) is 3.15. The van der Waals surface area contributed by atoms with E-state index in [1.165, 1.54) is 0 Å². The molecular weight excluding hydrogens is 296 g/mol. The van der Waals surface area contributed by atoms with E-state index in [1.807, 2.05) is 25.3 Å². The normalized spacial score (nSPS) is 11.6. The van der Waals surface area contributed by atoms with Gasteiger partial charge in [-0.25, -0.2) is 4.98 Å². The van der Waals surface area contributed by atoms with Gasteiger partial charge in [0.05, 0.1) is 16.4 Å². The zero-order valence-corrected chi connectivity index (χ0v) is 12.9. The molecule has 0 atom stereocenters. The Labute approximate surface area is 122 Å². The molecule has 2 aromatic rings. The zero-order valence-electron chi connectivity index (χ0n) is 11.3. The summed E-state index contributed by atoms with van der Waals surface area (Å²) in [4.78, 5) is 4.52. The van der Waals surface area contributed by atoms with Crippen molar-refractivity contribution in [2.45, 2.75) is 26.7 Å². The van der Waals surface area contributed by atoms with Gasteiger partial charge in [0, 0.05) is 10.9 Å². The van der Waals surface area contributed by atoms with Crippen molar-refractivity contribution < 1.29 is 13.0 Å². The molecule has 0 spiro atoms. The lowest BCUT2D eigenvalue weighted by Gasteiger charge is -2.12. The van der Waals surface area contributed by atoms with Gasteiger partial charge in [-0.1, -0.05) is 26.0 Å². The fraction of sp³-hybridized carbons (Fsp3) is 0.308. The second-order valence-corrected chi connectivity index (χ2v) is 6.34. The summed E-state index contributed by atoms with van der Waals surface area (Å²) in [6, 6.07) is 5.28. The van der Waals surface area contributed by atoms with Crippen LogP contribution in [-0.2, 0) is 23.1 Å². The Bertz CT molecular complexity index is 708. The maximum atomic E-state index is 11.0. The first kappa shape index (κ1) is 15.0. The van der Waals surface area contributed by atoms with Crippen molar-refractivity contribution in [3.05, 3.63) is 34.2 Å². The molecule has 0 fully saturated rings. The van der Waals surface area contributed by atoms with E-state index < -0.39 is 10.3 Å². The van der Waals surface area contributed by atoms with Crippen LogP contribution in [0.2, 0.25) is 0 Å². The number of hydrogen-bond donors (Lipinski definition) is 2. The largest absolute Gasteiger partial charge is 0.357 e. The van der Waals surface area contributed by atoms with Crippen LogP contribution in [0.3, 0.4) is 0 Å². The molecular formula is C13H16N2O3S2. The van der Waals surface area contributed by atoms with Crippen LogP contribution in [-0.4, -0.2) is 18.0 Å². The topological polar surface area (TPSA) is 79.3 Å². The highest BCUT2D eigenvalue weighted by Crippen LogP contribution is 2.31. The first-order valence-corrected chi connectivity index (χ1v) is 8.58. The Hall–Kier alpha value is -1.44. The van der Waals surface area contributed by atoms with Crippen molar-refractivity contribution >= 4 is 27.3 Å². The van der Waals surface area contributed by atoms with Crippen LogP contribution < -0.4 is 4.72 Å². The molecule has 5 nitrogen and oxygen atoms in total. The lowest BCUT2D eigenvalue weighted by molar-refractivity contribution is 0.489. The van der Waals surface area contributed by atoms with Gasteiger partial charge in [-0.2, -0.15) is 8.42 Å². The van der Waals surface area contributed by atoms with Crippen molar-refractivity contribution in [2.75, 3.05) is 4.72 Å². The molecule has 0 bridgehead atoms. The molecule has 0 unspecified atom stereocenters. The molecule has 0 aliphatic rings. The molecule has 1 aromatic carbocycles. The summed E-state index contributed by atoms with van der Waals surface area (Å²) in [6.45, 7) is 3.97. The summed E-state index contributed by atoms with van der Waals surface area (Å²) in [6.07, 6.45) is 1.50. The molecule has 108 valence electrons. The van der Waals surface area contributed by atoms with Gasteiger partial charge in [0.15, 0.2) is 0 Å². The Morgan fingerprint density at radius 1 is 1.30 bits per heavy atom. The fourth-order valence-electron chi connectivity index (χ4n) is 2.04. The summed E-state index contributed by atoms with van der Waals surface area (Å²) in [7, 11) is -4.28. The zero-order chi connectivity index (χ0) is 14.8. The second-order valence-electron chi connectivity index (χ2n) is 4.24. The number of nitrogens with one attached hydrogen (secondary N) is 1. The van der Waals surface area contributed by atoms with Gasteiger partial charge in [-0.3, -0.25) is 9.27 Å². The van der Waals surface area contributed by atoms with E-state index in [0.29, 0.717) is 12.1 Å². The molecule has 0 aliphatic carbocycles. The average Bonchev–Trinajstić information content (AvgIpc) is 2.85. The Morgan fingerprint density at radius 2 is 2.05 bits per heavy atom. The Balaban J connectivity index is 2.51. The summed E-state index contributed by atoms with van der Waals surface area (Å²) in [5.41, 5.74) is 2.93. The van der Waals surface area contributed by atoms with Gasteiger partial charge >= 0.3 is 10.3 Å². The standard InChI is InChI=1S/C13H16N2O3S2/c1-3-9-10(12-8-19-13(4-2)14-12)6-5-7-11(9)15-20(16,17)18/h5-8,15H,3-4H2,1-2H3,(H,16,17,18). The third-order valence-electron chi connectivity index (χ3n) is 2.90. The maximum absolute atomic E-state index is 11.0. The van der Waals surface area contributed by atoms with Gasteiger partial charge in [-0.15, -0.1) is 11.3 Å². The van der Waals surface area contributed by atoms with Crippen LogP contribution in [0.1, 0.15) is 24.4 Å². The summed E-state index contributed by atoms with van der Waals surface area (Å²) in [5.74, 6) is 0. The number of hydrogen-bond acceptors (Lipinski definition) is 4. The molecule has 2 rings (SSSR count). The van der Waals surface area contributed by atoms with Crippen molar-refractivity contribution in [2.24, 2.45) is 0 Å². The van der Waals surface area contributed by atoms with Crippen LogP contribution in [0, 0.1) is 0 Å². The molecule has 0 saturated heterocycles. The second kappa shape index (κ2) is 5.90. The number of rotatable bonds is 5. The van der Waals surface area contributed by atoms with Crippen LogP contribution in [0.25, 0.3) is 11.3 Å². The number of aromatic nitrogens is 1. The highest BCUT2D eigenvalue weighted by Gasteiger charge is 2.14. The molecule has 1 aromatic heterocycles. The highest BCUT2D eigenvalue weighted by atomic mass is 32.2. The summed E-state index contributed by atoms with van der Waals surface area (Å²) >= 11 is 1.58. The van der Waals surface area contributed by atoms with Gasteiger partial charge in [0.25, 0.3) is 0 Å². The third kappa shape index (κ3) is 3.36. The minimum atomic E-state index is -4.28. The molecule has 7 heteroatoms. The lowest BCUT2D eigenvalue weighted by Crippen LogP contribution is -2.12. The highest BCUT2D eigenvalue weighted by molar-refractivity contribution is 7.87. The van der Waals surface area contributed by atoms with Crippen molar-refractivity contribution in [3.63, 3.8) is 0 Å². The van der Waals surface area contributed by atoms with Gasteiger partial charge in [0.1, 0.15) is 0 Å². The van der Waals surface area contributed by atoms with E-state index in [0.717, 1.165) is 28.2 Å². The van der Waals surface area contributed by atoms with Crippen LogP contribution in [0.5, 0.6) is 0 Å². The van der Waals surface area contributed by atoms with Crippen molar-refractivity contribution in [1.29, 1.82) is 0 Å². The number of thiazole rings is 1. The molecule has 2 N–H and O–H groups in total. The van der Waals surface area contributed by atoms with Gasteiger partial charge in [-0.05, 0) is 24.5 Å². The quantitative estimate of drug-likeness (QED) is 0.831. The minimum Gasteiger partial charge on any atom is -0.269 e. The van der Waals surface area contributed by atoms with E-state index >= 15 is 0 Å². The maximum Gasteiger partial charge on any atom is 0.357 e. The van der Waals surface area contributed by atoms with Gasteiger partial charge < -0.3 is 0 Å². The first-order valence-electron chi connectivity index (χ1n) is 6.26. The Morgan fingerprint density at radius 3 is 2.60 bits per heavy atom. The van der Waals surface area contributed by atoms with E-state index in [-0.39, 0.29) is 0 Å². The number of aryl methyl sites for hydroxylation is 1. The SMILES string of the molecule is CCc1nc(-c2cccc(NS(=O)(=O)O)c2CC)cs1. The summed E-state index contributed by atoms with van der Waals surface area (Å²) in [5, 5.41) is 3.00. The molecule has 0 aliphatic heterocycles. The number of benzene rings is 1. The first-order chi connectivity index (χ1) is 9.44. The molecule has 0 radical (unpaired) electrons. The van der Waals surface area contributed by atoms with E-state index in [4.69, 9.17) is 4.55 Å². The van der Waals surface area contributed by atoms with Crippen molar-refractivity contribution in [1.82, 2.24) is 4.98 Å². The van der Waals surface area contributed by atoms with Gasteiger partial charge in [0.2, 0.25) is 0 Å². The smallest absolute Gasteiger partial charge is 0.269 e. The van der Waals surface area contributed by atoms with Crippen LogP contribution in [0.4, 0.5) is 5.69 Å². The van der Waals surface area contributed by atoms with E-state index in [9.17, 15) is 8.42 Å². The molecule has 1 heterocycles. The minimum absolute atomic E-state index is 0.388. The van der Waals surface area contributed by atoms with Crippen LogP contribution >= 0.6 is 11.3 Å². The monoisotopic (exact) mass is 312 g/mol. The fourth-order valence-corrected chi connectivity index (χ4v) is 3.25. The molecule has 0 saturated carbocycles. The number of nitrogens with zero attached hydrogens (tertiary/aromatic N) is 1. The summed E-state index contributed by atoms with van der Waals surface area (Å²) < 4.78 is 33.1. The lowest BCUT2D eigenvalue weighted by atomic mass is 10.0. The number of anilines is 1. The average molecular weight is 312 g/mol.